The first-order valence-electron chi connectivity index (χ1n) is 5.67. The van der Waals surface area contributed by atoms with Crippen LogP contribution >= 0.6 is 0 Å². The highest BCUT2D eigenvalue weighted by Gasteiger charge is 2.09. The predicted octanol–water partition coefficient (Wildman–Crippen LogP) is 2.96. The minimum absolute atomic E-state index is 0.563. The van der Waals surface area contributed by atoms with Crippen LogP contribution in [-0.4, -0.2) is 9.97 Å². The molecule has 1 aromatic heterocycles. The fraction of sp³-hybridized carbons (Fsp3) is 0.286. The highest BCUT2D eigenvalue weighted by Crippen LogP contribution is 2.23. The molecule has 2 N–H and O–H groups in total. The summed E-state index contributed by atoms with van der Waals surface area (Å²) in [6.07, 6.45) is 0. The minimum atomic E-state index is 0.563. The van der Waals surface area contributed by atoms with Crippen LogP contribution in [0.4, 0.5) is 5.82 Å². The lowest BCUT2D eigenvalue weighted by molar-refractivity contribution is 1.08. The van der Waals surface area contributed by atoms with Gasteiger partial charge < -0.3 is 5.73 Å². The first-order chi connectivity index (χ1) is 7.99. The molecule has 0 radical (unpaired) electrons. The zero-order chi connectivity index (χ0) is 12.6. The third kappa shape index (κ3) is 2.13. The number of hydrogen-bond acceptors (Lipinski definition) is 3. The minimum Gasteiger partial charge on any atom is -0.383 e. The third-order valence-electron chi connectivity index (χ3n) is 3.06. The van der Waals surface area contributed by atoms with Gasteiger partial charge in [0.15, 0.2) is 5.82 Å². The first-order valence-corrected chi connectivity index (χ1v) is 5.67. The lowest BCUT2D eigenvalue weighted by Crippen LogP contribution is -2.02. The summed E-state index contributed by atoms with van der Waals surface area (Å²) in [6, 6.07) is 6.27. The monoisotopic (exact) mass is 227 g/mol. The predicted molar refractivity (Wildman–Crippen MR) is 70.8 cm³/mol. The molecule has 0 fully saturated rings. The second-order valence-electron chi connectivity index (χ2n) is 4.46. The largest absolute Gasteiger partial charge is 0.383 e. The van der Waals surface area contributed by atoms with Crippen LogP contribution in [0.15, 0.2) is 18.2 Å². The highest BCUT2D eigenvalue weighted by atomic mass is 15.0. The molecule has 88 valence electrons. The summed E-state index contributed by atoms with van der Waals surface area (Å²) >= 11 is 0. The van der Waals surface area contributed by atoms with E-state index < -0.39 is 0 Å². The van der Waals surface area contributed by atoms with Crippen molar-refractivity contribution in [2.24, 2.45) is 0 Å². The number of nitrogen functional groups attached to an aromatic ring is 1. The van der Waals surface area contributed by atoms with Gasteiger partial charge in [-0.3, -0.25) is 0 Å². The van der Waals surface area contributed by atoms with Crippen molar-refractivity contribution in [3.8, 4) is 11.4 Å². The summed E-state index contributed by atoms with van der Waals surface area (Å²) in [7, 11) is 0. The summed E-state index contributed by atoms with van der Waals surface area (Å²) in [4.78, 5) is 8.89. The molecule has 1 heterocycles. The van der Waals surface area contributed by atoms with Crippen LogP contribution in [0.25, 0.3) is 11.4 Å². The van der Waals surface area contributed by atoms with Gasteiger partial charge in [0.05, 0.1) is 0 Å². The smallest absolute Gasteiger partial charge is 0.162 e. The number of aryl methyl sites for hydroxylation is 3. The number of nitrogens with zero attached hydrogens (tertiary/aromatic N) is 2. The van der Waals surface area contributed by atoms with E-state index in [9.17, 15) is 0 Å². The first kappa shape index (κ1) is 11.6. The van der Waals surface area contributed by atoms with Gasteiger partial charge >= 0.3 is 0 Å². The van der Waals surface area contributed by atoms with E-state index in [1.165, 1.54) is 11.1 Å². The molecular weight excluding hydrogens is 210 g/mol. The van der Waals surface area contributed by atoms with Crippen molar-refractivity contribution < 1.29 is 0 Å². The molecule has 0 aliphatic heterocycles. The molecule has 0 saturated carbocycles. The normalized spacial score (nSPS) is 10.6. The van der Waals surface area contributed by atoms with E-state index in [0.717, 1.165) is 16.8 Å². The lowest BCUT2D eigenvalue weighted by atomic mass is 10.0. The zero-order valence-corrected chi connectivity index (χ0v) is 10.7. The Kier molecular flexibility index (Phi) is 2.84. The average Bonchev–Trinajstić information content (AvgIpc) is 2.28. The molecule has 3 heteroatoms. The average molecular weight is 227 g/mol. The number of rotatable bonds is 1. The standard InChI is InChI=1S/C14H17N3/c1-8-5-6-9(2)12(7-8)14-16-11(4)10(3)13(15)17-14/h5-7H,1-4H3,(H2,15,16,17). The molecule has 3 nitrogen and oxygen atoms in total. The summed E-state index contributed by atoms with van der Waals surface area (Å²) < 4.78 is 0. The van der Waals surface area contributed by atoms with Gasteiger partial charge in [-0.1, -0.05) is 17.7 Å². The molecule has 0 unspecified atom stereocenters. The number of hydrogen-bond donors (Lipinski definition) is 1. The van der Waals surface area contributed by atoms with Gasteiger partial charge in [0.1, 0.15) is 5.82 Å². The Labute approximate surface area is 102 Å². The number of nitrogens with two attached hydrogens (primary N) is 1. The van der Waals surface area contributed by atoms with Gasteiger partial charge in [-0.2, -0.15) is 0 Å². The number of aromatic nitrogens is 2. The van der Waals surface area contributed by atoms with Crippen molar-refractivity contribution in [3.05, 3.63) is 40.6 Å². The van der Waals surface area contributed by atoms with Crippen LogP contribution in [0.1, 0.15) is 22.4 Å². The second-order valence-corrected chi connectivity index (χ2v) is 4.46. The topological polar surface area (TPSA) is 51.8 Å². The molecule has 2 rings (SSSR count). The summed E-state index contributed by atoms with van der Waals surface area (Å²) in [5.41, 5.74) is 11.2. The SMILES string of the molecule is Cc1ccc(C)c(-c2nc(C)c(C)c(N)n2)c1. The van der Waals surface area contributed by atoms with Crippen molar-refractivity contribution in [2.45, 2.75) is 27.7 Å². The molecule has 0 spiro atoms. The molecule has 17 heavy (non-hydrogen) atoms. The van der Waals surface area contributed by atoms with Gasteiger partial charge in [0, 0.05) is 16.8 Å². The van der Waals surface area contributed by atoms with Crippen LogP contribution in [0.5, 0.6) is 0 Å². The quantitative estimate of drug-likeness (QED) is 0.814. The third-order valence-corrected chi connectivity index (χ3v) is 3.06. The van der Waals surface area contributed by atoms with Crippen molar-refractivity contribution in [3.63, 3.8) is 0 Å². The Bertz CT molecular complexity index is 551. The molecular formula is C14H17N3. The van der Waals surface area contributed by atoms with Crippen LogP contribution in [-0.2, 0) is 0 Å². The van der Waals surface area contributed by atoms with Gasteiger partial charge in [-0.15, -0.1) is 0 Å². The Morgan fingerprint density at radius 1 is 1.00 bits per heavy atom. The molecule has 0 bridgehead atoms. The Morgan fingerprint density at radius 2 is 1.71 bits per heavy atom. The zero-order valence-electron chi connectivity index (χ0n) is 10.7. The highest BCUT2D eigenvalue weighted by molar-refractivity contribution is 5.63. The van der Waals surface area contributed by atoms with E-state index in [4.69, 9.17) is 5.73 Å². The molecule has 0 atom stereocenters. The lowest BCUT2D eigenvalue weighted by Gasteiger charge is -2.09. The van der Waals surface area contributed by atoms with Crippen molar-refractivity contribution in [1.82, 2.24) is 9.97 Å². The van der Waals surface area contributed by atoms with E-state index in [1.807, 2.05) is 13.8 Å². The van der Waals surface area contributed by atoms with Crippen LogP contribution in [0.2, 0.25) is 0 Å². The van der Waals surface area contributed by atoms with Crippen molar-refractivity contribution in [1.29, 1.82) is 0 Å². The van der Waals surface area contributed by atoms with E-state index in [-0.39, 0.29) is 0 Å². The maximum atomic E-state index is 5.90. The van der Waals surface area contributed by atoms with E-state index >= 15 is 0 Å². The van der Waals surface area contributed by atoms with Crippen LogP contribution in [0, 0.1) is 27.7 Å². The Morgan fingerprint density at radius 3 is 2.35 bits per heavy atom. The van der Waals surface area contributed by atoms with E-state index in [0.29, 0.717) is 11.6 Å². The van der Waals surface area contributed by atoms with E-state index in [2.05, 4.69) is 42.0 Å². The number of benzene rings is 1. The maximum Gasteiger partial charge on any atom is 0.162 e. The Hall–Kier alpha value is -1.90. The number of anilines is 1. The fourth-order valence-corrected chi connectivity index (χ4v) is 1.75. The molecule has 1 aromatic carbocycles. The molecule has 0 aliphatic rings. The molecule has 0 amide bonds. The van der Waals surface area contributed by atoms with Gasteiger partial charge in [0.25, 0.3) is 0 Å². The summed E-state index contributed by atoms with van der Waals surface area (Å²) in [6.45, 7) is 8.02. The summed E-state index contributed by atoms with van der Waals surface area (Å²) in [5, 5.41) is 0. The summed E-state index contributed by atoms with van der Waals surface area (Å²) in [5.74, 6) is 1.28. The van der Waals surface area contributed by atoms with Crippen LogP contribution < -0.4 is 5.73 Å². The van der Waals surface area contributed by atoms with Crippen molar-refractivity contribution in [2.75, 3.05) is 5.73 Å². The van der Waals surface area contributed by atoms with Crippen molar-refractivity contribution >= 4 is 5.82 Å². The van der Waals surface area contributed by atoms with Crippen LogP contribution in [0.3, 0.4) is 0 Å². The Balaban J connectivity index is 2.64. The fourth-order valence-electron chi connectivity index (χ4n) is 1.75. The van der Waals surface area contributed by atoms with Gasteiger partial charge in [-0.05, 0) is 39.3 Å². The molecule has 2 aromatic rings. The van der Waals surface area contributed by atoms with E-state index in [1.54, 1.807) is 0 Å². The maximum absolute atomic E-state index is 5.90. The molecule has 0 aliphatic carbocycles. The molecule has 0 saturated heterocycles. The second kappa shape index (κ2) is 4.17. The van der Waals surface area contributed by atoms with Gasteiger partial charge in [0.2, 0.25) is 0 Å². The van der Waals surface area contributed by atoms with Gasteiger partial charge in [-0.25, -0.2) is 9.97 Å².